The molecular weight excluding hydrogens is 428 g/mol. The lowest BCUT2D eigenvalue weighted by Gasteiger charge is -2.01. The van der Waals surface area contributed by atoms with E-state index >= 15 is 0 Å². The molecule has 0 unspecified atom stereocenters. The smallest absolute Gasteiger partial charge is 0.288 e. The Bertz CT molecular complexity index is 1300. The fraction of sp³-hybridized carbons (Fsp3) is 0.0417. The van der Waals surface area contributed by atoms with Crippen LogP contribution in [0.15, 0.2) is 85.3 Å². The van der Waals surface area contributed by atoms with Crippen molar-refractivity contribution in [3.63, 3.8) is 0 Å². The summed E-state index contributed by atoms with van der Waals surface area (Å²) in [4.78, 5) is 27.3. The van der Waals surface area contributed by atoms with Crippen LogP contribution in [-0.2, 0) is 6.54 Å². The van der Waals surface area contributed by atoms with E-state index in [-0.39, 0.29) is 22.1 Å². The van der Waals surface area contributed by atoms with Gasteiger partial charge in [0, 0.05) is 41.3 Å². The molecule has 0 spiro atoms. The Balaban J connectivity index is 1.66. The van der Waals surface area contributed by atoms with Crippen LogP contribution in [0.3, 0.4) is 0 Å². The van der Waals surface area contributed by atoms with Crippen LogP contribution >= 0.6 is 11.6 Å². The Kier molecular flexibility index (Phi) is 6.19. The second-order valence-corrected chi connectivity index (χ2v) is 7.39. The number of halogens is 1. The number of rotatable bonds is 7. The minimum atomic E-state index is -0.614. The number of nitro benzene ring substituents is 1. The summed E-state index contributed by atoms with van der Waals surface area (Å²) in [7, 11) is 0. The van der Waals surface area contributed by atoms with Gasteiger partial charge in [0.05, 0.1) is 11.5 Å². The highest BCUT2D eigenvalue weighted by Crippen LogP contribution is 2.26. The minimum absolute atomic E-state index is 0.0171. The van der Waals surface area contributed by atoms with E-state index in [4.69, 9.17) is 11.6 Å². The molecule has 2 aromatic carbocycles. The Morgan fingerprint density at radius 3 is 2.66 bits per heavy atom. The first kappa shape index (κ1) is 21.1. The molecular formula is C24H17ClN4O3. The van der Waals surface area contributed by atoms with Crippen molar-refractivity contribution in [1.82, 2.24) is 14.8 Å². The molecule has 0 radical (unpaired) electrons. The third kappa shape index (κ3) is 4.79. The fourth-order valence-corrected chi connectivity index (χ4v) is 3.39. The summed E-state index contributed by atoms with van der Waals surface area (Å²) in [6, 6.07) is 17.6. The zero-order chi connectivity index (χ0) is 22.5. The van der Waals surface area contributed by atoms with Crippen molar-refractivity contribution in [2.24, 2.45) is 0 Å². The predicted octanol–water partition coefficient (Wildman–Crippen LogP) is 5.45. The maximum atomic E-state index is 12.7. The van der Waals surface area contributed by atoms with Crippen LogP contribution in [0.4, 0.5) is 5.69 Å². The number of aromatic nitrogens is 3. The molecule has 0 aliphatic rings. The molecule has 2 aromatic heterocycles. The van der Waals surface area contributed by atoms with Crippen molar-refractivity contribution in [3.05, 3.63) is 117 Å². The third-order valence-electron chi connectivity index (χ3n) is 4.75. The first-order valence-electron chi connectivity index (χ1n) is 9.69. The van der Waals surface area contributed by atoms with Crippen LogP contribution in [-0.4, -0.2) is 25.5 Å². The second kappa shape index (κ2) is 9.36. The highest BCUT2D eigenvalue weighted by molar-refractivity contribution is 6.32. The number of ketones is 1. The van der Waals surface area contributed by atoms with E-state index in [1.54, 1.807) is 23.2 Å². The molecule has 0 bridgehead atoms. The highest BCUT2D eigenvalue weighted by atomic mass is 35.5. The third-order valence-corrected chi connectivity index (χ3v) is 5.07. The largest absolute Gasteiger partial charge is 0.289 e. The standard InChI is InChI=1S/C24H17ClN4O3/c25-21-10-8-18(13-22(21)29(31)32)23(30)11-9-20-16-28(15-17-5-2-1-3-6-17)27-24(20)19-7-4-12-26-14-19/h1-14,16H,15H2/b11-9+. The summed E-state index contributed by atoms with van der Waals surface area (Å²) in [6.07, 6.45) is 8.26. The summed E-state index contributed by atoms with van der Waals surface area (Å²) < 4.78 is 1.80. The van der Waals surface area contributed by atoms with E-state index < -0.39 is 4.92 Å². The Morgan fingerprint density at radius 1 is 1.12 bits per heavy atom. The van der Waals surface area contributed by atoms with Gasteiger partial charge in [0.2, 0.25) is 0 Å². The van der Waals surface area contributed by atoms with Crippen LogP contribution in [0, 0.1) is 10.1 Å². The Hall–Kier alpha value is -4.10. The summed E-state index contributed by atoms with van der Waals surface area (Å²) >= 11 is 5.84. The molecule has 0 saturated carbocycles. The normalized spacial score (nSPS) is 11.0. The lowest BCUT2D eigenvalue weighted by molar-refractivity contribution is -0.384. The molecule has 0 amide bonds. The van der Waals surface area contributed by atoms with E-state index in [1.807, 2.05) is 48.7 Å². The van der Waals surface area contributed by atoms with Crippen molar-refractivity contribution in [2.75, 3.05) is 0 Å². The van der Waals surface area contributed by atoms with Gasteiger partial charge in [0.15, 0.2) is 5.78 Å². The van der Waals surface area contributed by atoms with E-state index in [2.05, 4.69) is 10.1 Å². The number of carbonyl (C=O) groups excluding carboxylic acids is 1. The molecule has 0 N–H and O–H groups in total. The second-order valence-electron chi connectivity index (χ2n) is 6.98. The number of hydrogen-bond donors (Lipinski definition) is 0. The molecule has 8 heteroatoms. The van der Waals surface area contributed by atoms with Gasteiger partial charge in [-0.25, -0.2) is 0 Å². The van der Waals surface area contributed by atoms with Gasteiger partial charge in [0.25, 0.3) is 5.69 Å². The molecule has 158 valence electrons. The van der Waals surface area contributed by atoms with Gasteiger partial charge in [-0.3, -0.25) is 24.6 Å². The molecule has 0 atom stereocenters. The van der Waals surface area contributed by atoms with Crippen LogP contribution in [0.2, 0.25) is 5.02 Å². The number of hydrogen-bond acceptors (Lipinski definition) is 5. The summed E-state index contributed by atoms with van der Waals surface area (Å²) in [6.45, 7) is 0.569. The summed E-state index contributed by atoms with van der Waals surface area (Å²) in [5.41, 5.74) is 3.18. The lowest BCUT2D eigenvalue weighted by Crippen LogP contribution is -2.00. The highest BCUT2D eigenvalue weighted by Gasteiger charge is 2.16. The monoisotopic (exact) mass is 444 g/mol. The van der Waals surface area contributed by atoms with Crippen LogP contribution < -0.4 is 0 Å². The van der Waals surface area contributed by atoms with Gasteiger partial charge in [-0.1, -0.05) is 41.9 Å². The number of carbonyl (C=O) groups is 1. The van der Waals surface area contributed by atoms with Crippen molar-refractivity contribution in [1.29, 1.82) is 0 Å². The SMILES string of the molecule is O=C(/C=C/c1cn(Cc2ccccc2)nc1-c1cccnc1)c1ccc(Cl)c([N+](=O)[O-])c1. The maximum Gasteiger partial charge on any atom is 0.288 e. The van der Waals surface area contributed by atoms with Gasteiger partial charge in [-0.2, -0.15) is 5.10 Å². The Labute approximate surface area is 188 Å². The molecule has 4 aromatic rings. The maximum absolute atomic E-state index is 12.7. The van der Waals surface area contributed by atoms with Gasteiger partial charge in [-0.05, 0) is 42.0 Å². The van der Waals surface area contributed by atoms with Crippen LogP contribution in [0.5, 0.6) is 0 Å². The number of nitrogens with zero attached hydrogens (tertiary/aromatic N) is 4. The van der Waals surface area contributed by atoms with E-state index in [0.717, 1.165) is 16.7 Å². The summed E-state index contributed by atoms with van der Waals surface area (Å²) in [5, 5.41) is 15.8. The number of pyridine rings is 1. The first-order valence-corrected chi connectivity index (χ1v) is 10.1. The first-order chi connectivity index (χ1) is 15.5. The zero-order valence-corrected chi connectivity index (χ0v) is 17.5. The van der Waals surface area contributed by atoms with Crippen LogP contribution in [0.1, 0.15) is 21.5 Å². The molecule has 0 saturated heterocycles. The average Bonchev–Trinajstić information content (AvgIpc) is 3.21. The lowest BCUT2D eigenvalue weighted by atomic mass is 10.1. The fourth-order valence-electron chi connectivity index (χ4n) is 3.20. The van der Waals surface area contributed by atoms with E-state index in [1.165, 1.54) is 24.3 Å². The van der Waals surface area contributed by atoms with Crippen LogP contribution in [0.25, 0.3) is 17.3 Å². The van der Waals surface area contributed by atoms with E-state index in [9.17, 15) is 14.9 Å². The van der Waals surface area contributed by atoms with Crippen molar-refractivity contribution in [2.45, 2.75) is 6.54 Å². The molecule has 0 fully saturated rings. The number of benzene rings is 2. The zero-order valence-electron chi connectivity index (χ0n) is 16.8. The van der Waals surface area contributed by atoms with Crippen molar-refractivity contribution < 1.29 is 9.72 Å². The number of allylic oxidation sites excluding steroid dienone is 1. The molecule has 2 heterocycles. The van der Waals surface area contributed by atoms with Gasteiger partial charge in [-0.15, -0.1) is 0 Å². The predicted molar refractivity (Wildman–Crippen MR) is 122 cm³/mol. The molecule has 32 heavy (non-hydrogen) atoms. The van der Waals surface area contributed by atoms with Gasteiger partial charge < -0.3 is 0 Å². The Morgan fingerprint density at radius 2 is 1.94 bits per heavy atom. The van der Waals surface area contributed by atoms with E-state index in [0.29, 0.717) is 12.2 Å². The quantitative estimate of drug-likeness (QED) is 0.163. The minimum Gasteiger partial charge on any atom is -0.289 e. The van der Waals surface area contributed by atoms with Gasteiger partial charge in [0.1, 0.15) is 10.7 Å². The average molecular weight is 445 g/mol. The van der Waals surface area contributed by atoms with Crippen molar-refractivity contribution in [3.8, 4) is 11.3 Å². The molecule has 0 aliphatic carbocycles. The van der Waals surface area contributed by atoms with Crippen molar-refractivity contribution >= 4 is 29.1 Å². The molecule has 0 aliphatic heterocycles. The van der Waals surface area contributed by atoms with Gasteiger partial charge >= 0.3 is 0 Å². The summed E-state index contributed by atoms with van der Waals surface area (Å²) in [5.74, 6) is -0.377. The molecule has 7 nitrogen and oxygen atoms in total. The number of nitro groups is 1. The molecule has 4 rings (SSSR count). The topological polar surface area (TPSA) is 90.9 Å².